The van der Waals surface area contributed by atoms with E-state index in [4.69, 9.17) is 10.6 Å². The van der Waals surface area contributed by atoms with E-state index in [9.17, 15) is 49.2 Å². The number of carbonyl (C=O) groups excluding carboxylic acids is 4. The van der Waals surface area contributed by atoms with Crippen LogP contribution in [0.5, 0.6) is 11.5 Å². The van der Waals surface area contributed by atoms with Crippen LogP contribution in [-0.4, -0.2) is 125 Å². The number of thioether (sulfide) groups is 1. The number of nitrogens with zero attached hydrogens (tertiary/aromatic N) is 4. The molecule has 4 aliphatic rings. The summed E-state index contributed by atoms with van der Waals surface area (Å²) in [6.07, 6.45) is 2.71. The van der Waals surface area contributed by atoms with Crippen LogP contribution in [0.25, 0.3) is 10.9 Å². The number of quaternary nitrogens is 1. The minimum absolute atomic E-state index is 0.0109. The molecule has 8 N–H and O–H groups in total. The van der Waals surface area contributed by atoms with Crippen molar-refractivity contribution < 1.29 is 53.7 Å². The number of piperidine rings is 1. The molecule has 0 unspecified atom stereocenters. The van der Waals surface area contributed by atoms with E-state index in [0.717, 1.165) is 35.1 Å². The maximum atomic E-state index is 13.6. The number of nitrogen functional groups attached to an aromatic ring is 1. The number of hydrogen-bond donors (Lipinski definition) is 7. The van der Waals surface area contributed by atoms with Crippen molar-refractivity contribution in [3.05, 3.63) is 56.5 Å². The number of aliphatic carboxylic acids is 2. The van der Waals surface area contributed by atoms with Crippen LogP contribution >= 0.6 is 23.1 Å². The number of carboxylic acid groups (broad SMARTS) is 2. The molecular weight excluding hydrogens is 773 g/mol. The average Bonchev–Trinajstić information content (AvgIpc) is 3.84. The van der Waals surface area contributed by atoms with Gasteiger partial charge in [0.05, 0.1) is 42.2 Å². The standard InChI is InChI=1S/C35H38N8O11S2/c1-15-18(11-43-6-4-35(14-43,5-7-43)13-38-27(47)17-10-37-19-9-22(45)21(44)8-16(19)26(17)46)25(31(50)51)42-29(49)24(30(42)56-15)40-28(48)23(20-12-55-33(36)39-20)41-54-34(2,3)32(52)53/h8-10,12,15,24,30H,4-7,11,13-14H2,1-3H3,(H8-,36,37,38,39,40,41,44,45,46,47,48,50,51,52,53)/t15-,24+,30+,35?,43?/m0/s1. The topological polar surface area (TPSA) is 290 Å². The fourth-order valence-electron chi connectivity index (χ4n) is 7.85. The number of aromatic hydroxyl groups is 2. The van der Waals surface area contributed by atoms with Gasteiger partial charge in [-0.2, -0.15) is 0 Å². The van der Waals surface area contributed by atoms with Crippen LogP contribution in [0.15, 0.2) is 44.9 Å². The number of amides is 3. The first-order chi connectivity index (χ1) is 26.3. The lowest BCUT2D eigenvalue weighted by molar-refractivity contribution is -0.905. The molecule has 3 atom stereocenters. The average molecular weight is 811 g/mol. The lowest BCUT2D eigenvalue weighted by atomic mass is 9.84. The van der Waals surface area contributed by atoms with Gasteiger partial charge in [-0.25, -0.2) is 9.78 Å². The van der Waals surface area contributed by atoms with Crippen molar-refractivity contribution in [2.45, 2.75) is 55.9 Å². The number of β-lactam (4-membered cyclic amide) rings is 1. The van der Waals surface area contributed by atoms with Crippen LogP contribution in [0.1, 0.15) is 49.7 Å². The van der Waals surface area contributed by atoms with Crippen molar-refractivity contribution in [2.75, 3.05) is 38.5 Å². The molecule has 0 saturated carbocycles. The molecule has 3 fully saturated rings. The Morgan fingerprint density at radius 2 is 1.89 bits per heavy atom. The molecule has 2 aromatic heterocycles. The van der Waals surface area contributed by atoms with Crippen LogP contribution in [0.3, 0.4) is 0 Å². The van der Waals surface area contributed by atoms with Crippen molar-refractivity contribution in [1.82, 2.24) is 25.5 Å². The monoisotopic (exact) mass is 810 g/mol. The van der Waals surface area contributed by atoms with Gasteiger partial charge in [-0.3, -0.25) is 24.1 Å². The number of phenols is 2. The van der Waals surface area contributed by atoms with E-state index < -0.39 is 74.6 Å². The Balaban J connectivity index is 1.05. The van der Waals surface area contributed by atoms with Gasteiger partial charge in [-0.1, -0.05) is 5.16 Å². The molecule has 0 spiro atoms. The minimum Gasteiger partial charge on any atom is -0.543 e. The van der Waals surface area contributed by atoms with E-state index >= 15 is 0 Å². The van der Waals surface area contributed by atoms with Gasteiger partial charge in [-0.05, 0) is 26.8 Å². The third-order valence-corrected chi connectivity index (χ3v) is 13.1. The number of nitrogens with one attached hydrogen (secondary N) is 3. The molecular formula is C35H38N8O11S2. The highest BCUT2D eigenvalue weighted by Crippen LogP contribution is 2.49. The predicted octanol–water partition coefficient (Wildman–Crippen LogP) is -0.605. The second-order valence-corrected chi connectivity index (χ2v) is 17.5. The molecule has 0 radical (unpaired) electrons. The molecule has 7 rings (SSSR count). The Kier molecular flexibility index (Phi) is 9.52. The van der Waals surface area contributed by atoms with Crippen molar-refractivity contribution in [2.24, 2.45) is 10.6 Å². The number of benzene rings is 1. The summed E-state index contributed by atoms with van der Waals surface area (Å²) >= 11 is 2.31. The summed E-state index contributed by atoms with van der Waals surface area (Å²) in [5, 5.41) is 51.4. The number of H-pyrrole nitrogens is 1. The molecule has 6 heterocycles. The highest BCUT2D eigenvalue weighted by Gasteiger charge is 2.59. The van der Waals surface area contributed by atoms with Gasteiger partial charge in [0, 0.05) is 53.3 Å². The first-order valence-corrected chi connectivity index (χ1v) is 19.3. The largest absolute Gasteiger partial charge is 0.543 e. The molecule has 56 heavy (non-hydrogen) atoms. The molecule has 3 amide bonds. The summed E-state index contributed by atoms with van der Waals surface area (Å²) in [4.78, 5) is 90.8. The summed E-state index contributed by atoms with van der Waals surface area (Å²) in [6.45, 7) is 6.88. The summed E-state index contributed by atoms with van der Waals surface area (Å²) in [5.74, 6) is -5.96. The number of anilines is 1. The van der Waals surface area contributed by atoms with Gasteiger partial charge in [0.1, 0.15) is 29.2 Å². The summed E-state index contributed by atoms with van der Waals surface area (Å²) in [5.41, 5.74) is 2.96. The zero-order valence-corrected chi connectivity index (χ0v) is 31.9. The Labute approximate surface area is 325 Å². The number of oxime groups is 1. The van der Waals surface area contributed by atoms with E-state index in [1.165, 1.54) is 43.3 Å². The van der Waals surface area contributed by atoms with Crippen molar-refractivity contribution in [1.29, 1.82) is 0 Å². The van der Waals surface area contributed by atoms with Gasteiger partial charge in [0.15, 0.2) is 22.3 Å². The molecule has 3 saturated heterocycles. The van der Waals surface area contributed by atoms with Crippen LogP contribution in [0.2, 0.25) is 0 Å². The maximum absolute atomic E-state index is 13.6. The first-order valence-electron chi connectivity index (χ1n) is 17.5. The third kappa shape index (κ3) is 6.68. The Morgan fingerprint density at radius 3 is 2.54 bits per heavy atom. The van der Waals surface area contributed by atoms with Crippen molar-refractivity contribution >= 4 is 74.5 Å². The lowest BCUT2D eigenvalue weighted by Gasteiger charge is -2.52. The molecule has 296 valence electrons. The molecule has 21 heteroatoms. The molecule has 4 aliphatic heterocycles. The highest BCUT2D eigenvalue weighted by molar-refractivity contribution is 8.00. The van der Waals surface area contributed by atoms with Gasteiger partial charge in [0.2, 0.25) is 11.0 Å². The SMILES string of the molecule is C[C@@H]1S[C@@H]2[C@H](NC(=O)C(=NOC(C)(C)C(=O)O)c3csc(N)n3)C(=O)N2C(C(=O)[O-])=C1C[N+]12CCC(CNC(=O)c3c[nH]c4cc(O)c(O)cc4c3=O)(CC1)C2. The number of rotatable bonds is 12. The maximum Gasteiger partial charge on any atom is 0.350 e. The number of aromatic amines is 1. The number of hydrogen-bond acceptors (Lipinski definition) is 15. The number of carbonyl (C=O) groups is 5. The first kappa shape index (κ1) is 38.6. The van der Waals surface area contributed by atoms with E-state index in [2.05, 4.69) is 25.8 Å². The lowest BCUT2D eigenvalue weighted by Crippen LogP contribution is -2.72. The predicted molar refractivity (Wildman–Crippen MR) is 199 cm³/mol. The number of fused-ring (bicyclic) bond motifs is 4. The zero-order chi connectivity index (χ0) is 40.5. The molecule has 2 bridgehead atoms. The van der Waals surface area contributed by atoms with E-state index in [1.807, 2.05) is 6.92 Å². The number of carboxylic acids is 2. The molecule has 0 aliphatic carbocycles. The molecule has 1 aromatic carbocycles. The Hall–Kier alpha value is -5.67. The van der Waals surface area contributed by atoms with Gasteiger partial charge in [0.25, 0.3) is 17.7 Å². The smallest absolute Gasteiger partial charge is 0.350 e. The van der Waals surface area contributed by atoms with Gasteiger partial charge < -0.3 is 55.9 Å². The van der Waals surface area contributed by atoms with Gasteiger partial charge >= 0.3 is 5.97 Å². The molecule has 3 aromatic rings. The summed E-state index contributed by atoms with van der Waals surface area (Å²) in [7, 11) is 0. The van der Waals surface area contributed by atoms with E-state index in [0.29, 0.717) is 36.2 Å². The van der Waals surface area contributed by atoms with Crippen LogP contribution < -0.4 is 26.9 Å². The fraction of sp³-hybridized carbons (Fsp3) is 0.429. The summed E-state index contributed by atoms with van der Waals surface area (Å²) in [6, 6.07) is 1.13. The normalized spacial score (nSPS) is 25.8. The second kappa shape index (κ2) is 13.8. The van der Waals surface area contributed by atoms with Crippen molar-refractivity contribution in [3.63, 3.8) is 0 Å². The second-order valence-electron chi connectivity index (χ2n) is 15.1. The number of phenolic OH excluding ortho intramolecular Hbond substituents is 2. The van der Waals surface area contributed by atoms with Crippen LogP contribution in [0, 0.1) is 5.41 Å². The number of nitrogens with two attached hydrogens (primary N) is 1. The van der Waals surface area contributed by atoms with E-state index in [1.54, 1.807) is 0 Å². The van der Waals surface area contributed by atoms with Crippen LogP contribution in [0.4, 0.5) is 5.13 Å². The quantitative estimate of drug-likeness (QED) is 0.0395. The third-order valence-electron chi connectivity index (χ3n) is 11.0. The summed E-state index contributed by atoms with van der Waals surface area (Å²) < 4.78 is 0.530. The van der Waals surface area contributed by atoms with E-state index in [-0.39, 0.29) is 44.9 Å². The highest BCUT2D eigenvalue weighted by atomic mass is 32.2. The number of pyridine rings is 1. The zero-order valence-electron chi connectivity index (χ0n) is 30.3. The Bertz CT molecular complexity index is 2330. The van der Waals surface area contributed by atoms with Crippen LogP contribution in [-0.2, 0) is 24.0 Å². The van der Waals surface area contributed by atoms with Gasteiger partial charge in [-0.15, -0.1) is 23.1 Å². The molecule has 19 nitrogen and oxygen atoms in total. The fourth-order valence-corrected chi connectivity index (χ4v) is 9.84. The Morgan fingerprint density at radius 1 is 1.20 bits per heavy atom. The number of aromatic nitrogens is 2. The van der Waals surface area contributed by atoms with Crippen molar-refractivity contribution in [3.8, 4) is 11.5 Å². The number of thiazole rings is 1. The minimum atomic E-state index is -1.81.